The molecular formula is C24H29N5O. The van der Waals surface area contributed by atoms with Gasteiger partial charge in [0.05, 0.1) is 17.1 Å². The minimum Gasteiger partial charge on any atom is -0.323 e. The third kappa shape index (κ3) is 4.00. The maximum atomic E-state index is 12.9. The Bertz CT molecular complexity index is 1070. The van der Waals surface area contributed by atoms with E-state index in [1.165, 1.54) is 5.56 Å². The fourth-order valence-corrected chi connectivity index (χ4v) is 4.34. The molecule has 1 aromatic heterocycles. The molecule has 6 heteroatoms. The highest BCUT2D eigenvalue weighted by atomic mass is 16.2. The molecular weight excluding hydrogens is 374 g/mol. The second-order valence-electron chi connectivity index (χ2n) is 8.15. The van der Waals surface area contributed by atoms with Gasteiger partial charge in [0.15, 0.2) is 6.29 Å². The number of benzene rings is 2. The molecule has 3 atom stereocenters. The topological polar surface area (TPSA) is 78.9 Å². The number of hydrogen-bond acceptors (Lipinski definition) is 5. The van der Waals surface area contributed by atoms with Crippen LogP contribution in [0.5, 0.6) is 0 Å². The molecule has 156 valence electrons. The largest absolute Gasteiger partial charge is 0.323 e. The van der Waals surface area contributed by atoms with Crippen LogP contribution in [0, 0.1) is 26.7 Å². The van der Waals surface area contributed by atoms with Crippen molar-refractivity contribution in [2.45, 2.75) is 52.9 Å². The number of carbonyl (C=O) groups is 1. The van der Waals surface area contributed by atoms with Gasteiger partial charge in [0.2, 0.25) is 11.9 Å². The summed E-state index contributed by atoms with van der Waals surface area (Å²) in [7, 11) is 0. The number of anilines is 1. The van der Waals surface area contributed by atoms with Crippen molar-refractivity contribution in [2.75, 3.05) is 5.32 Å². The predicted octanol–water partition coefficient (Wildman–Crippen LogP) is 4.13. The summed E-state index contributed by atoms with van der Waals surface area (Å²) in [4.78, 5) is 22.3. The fourth-order valence-electron chi connectivity index (χ4n) is 4.34. The Morgan fingerprint density at radius 3 is 2.57 bits per heavy atom. The van der Waals surface area contributed by atoms with Gasteiger partial charge >= 0.3 is 0 Å². The lowest BCUT2D eigenvalue weighted by molar-refractivity contribution is -0.129. The number of fused-ring (bicyclic) bond motifs is 1. The molecule has 0 radical (unpaired) electrons. The molecule has 4 rings (SSSR count). The normalized spacial score (nSPS) is 21.5. The van der Waals surface area contributed by atoms with Gasteiger partial charge in [-0.2, -0.15) is 0 Å². The first-order valence-corrected chi connectivity index (χ1v) is 10.6. The van der Waals surface area contributed by atoms with Crippen LogP contribution in [0.4, 0.5) is 5.95 Å². The summed E-state index contributed by atoms with van der Waals surface area (Å²) in [6.45, 7) is 8.24. The lowest BCUT2D eigenvalue weighted by atomic mass is 9.87. The van der Waals surface area contributed by atoms with Crippen LogP contribution < -0.4 is 16.0 Å². The van der Waals surface area contributed by atoms with Crippen LogP contribution in [0.25, 0.3) is 10.9 Å². The predicted molar refractivity (Wildman–Crippen MR) is 120 cm³/mol. The zero-order chi connectivity index (χ0) is 21.3. The molecule has 1 amide bonds. The molecule has 0 spiro atoms. The van der Waals surface area contributed by atoms with Crippen molar-refractivity contribution in [3.63, 3.8) is 0 Å². The van der Waals surface area contributed by atoms with E-state index < -0.39 is 6.29 Å². The maximum absolute atomic E-state index is 12.9. The van der Waals surface area contributed by atoms with Crippen molar-refractivity contribution < 1.29 is 4.79 Å². The number of amides is 1. The summed E-state index contributed by atoms with van der Waals surface area (Å²) in [5.74, 6) is 0.441. The molecule has 1 fully saturated rings. The van der Waals surface area contributed by atoms with Gasteiger partial charge in [-0.1, -0.05) is 55.3 Å². The van der Waals surface area contributed by atoms with E-state index in [2.05, 4.69) is 66.0 Å². The van der Waals surface area contributed by atoms with Gasteiger partial charge in [-0.05, 0) is 44.4 Å². The molecule has 2 aromatic carbocycles. The first-order valence-electron chi connectivity index (χ1n) is 10.6. The molecule has 0 saturated carbocycles. The van der Waals surface area contributed by atoms with Crippen molar-refractivity contribution in [3.8, 4) is 0 Å². The molecule has 6 nitrogen and oxygen atoms in total. The summed E-state index contributed by atoms with van der Waals surface area (Å²) in [6.07, 6.45) is 1.33. The highest BCUT2D eigenvalue weighted by Crippen LogP contribution is 2.29. The van der Waals surface area contributed by atoms with E-state index in [-0.39, 0.29) is 17.9 Å². The molecule has 1 aliphatic rings. The highest BCUT2D eigenvalue weighted by molar-refractivity contribution is 5.85. The molecule has 0 aliphatic carbocycles. The molecule has 3 unspecified atom stereocenters. The van der Waals surface area contributed by atoms with E-state index in [1.807, 2.05) is 25.1 Å². The Morgan fingerprint density at radius 1 is 1.07 bits per heavy atom. The molecule has 2 heterocycles. The van der Waals surface area contributed by atoms with Crippen LogP contribution in [0.3, 0.4) is 0 Å². The van der Waals surface area contributed by atoms with Crippen LogP contribution >= 0.6 is 0 Å². The molecule has 3 N–H and O–H groups in total. The molecule has 30 heavy (non-hydrogen) atoms. The zero-order valence-corrected chi connectivity index (χ0v) is 18.0. The maximum Gasteiger partial charge on any atom is 0.227 e. The lowest BCUT2D eigenvalue weighted by Gasteiger charge is -2.38. The first kappa shape index (κ1) is 20.3. The third-order valence-electron chi connectivity index (χ3n) is 5.73. The van der Waals surface area contributed by atoms with Crippen LogP contribution in [0.1, 0.15) is 48.2 Å². The zero-order valence-electron chi connectivity index (χ0n) is 18.0. The number of aromatic nitrogens is 2. The standard InChI is InChI=1S/C24H29N5O/c1-5-9-18-21(17-10-7-6-8-11-17)27-24(28-22(18)30)29-23-25-16(4)19-13-14(2)12-15(3)20(19)26-23/h6-8,10-13,18,21,24,27H,5,9H2,1-4H3,(H,28,30)(H,25,26,29). The van der Waals surface area contributed by atoms with Gasteiger partial charge in [-0.15, -0.1) is 0 Å². The van der Waals surface area contributed by atoms with Gasteiger partial charge in [0.1, 0.15) is 0 Å². The second kappa shape index (κ2) is 8.40. The van der Waals surface area contributed by atoms with Gasteiger partial charge in [0, 0.05) is 11.4 Å². The highest BCUT2D eigenvalue weighted by Gasteiger charge is 2.36. The SMILES string of the molecule is CCCC1C(=O)NC(Nc2nc(C)c3cc(C)cc(C)c3n2)NC1c1ccccc1. The monoisotopic (exact) mass is 403 g/mol. The Labute approximate surface area is 177 Å². The van der Waals surface area contributed by atoms with E-state index in [0.717, 1.165) is 40.6 Å². The quantitative estimate of drug-likeness (QED) is 0.597. The molecule has 1 aliphatic heterocycles. The summed E-state index contributed by atoms with van der Waals surface area (Å²) in [6, 6.07) is 14.3. The van der Waals surface area contributed by atoms with Gasteiger partial charge in [-0.25, -0.2) is 9.97 Å². The number of aryl methyl sites for hydroxylation is 3. The van der Waals surface area contributed by atoms with Gasteiger partial charge < -0.3 is 10.6 Å². The summed E-state index contributed by atoms with van der Waals surface area (Å²) < 4.78 is 0. The first-order chi connectivity index (χ1) is 14.5. The smallest absolute Gasteiger partial charge is 0.227 e. The average molecular weight is 404 g/mol. The van der Waals surface area contributed by atoms with Crippen molar-refractivity contribution in [1.29, 1.82) is 0 Å². The minimum absolute atomic E-state index is 0.0475. The van der Waals surface area contributed by atoms with Gasteiger partial charge in [0.25, 0.3) is 0 Å². The fraction of sp³-hybridized carbons (Fsp3) is 0.375. The summed E-state index contributed by atoms with van der Waals surface area (Å²) in [5, 5.41) is 10.9. The van der Waals surface area contributed by atoms with Crippen molar-refractivity contribution in [3.05, 3.63) is 64.8 Å². The Morgan fingerprint density at radius 2 is 1.83 bits per heavy atom. The van der Waals surface area contributed by atoms with E-state index in [1.54, 1.807) is 0 Å². The number of nitrogens with one attached hydrogen (secondary N) is 3. The van der Waals surface area contributed by atoms with E-state index >= 15 is 0 Å². The number of hydrogen-bond donors (Lipinski definition) is 3. The van der Waals surface area contributed by atoms with Gasteiger partial charge in [-0.3, -0.25) is 10.1 Å². The lowest BCUT2D eigenvalue weighted by Crippen LogP contribution is -2.60. The van der Waals surface area contributed by atoms with E-state index in [9.17, 15) is 4.79 Å². The number of rotatable bonds is 5. The van der Waals surface area contributed by atoms with Crippen LogP contribution in [0.15, 0.2) is 42.5 Å². The Kier molecular flexibility index (Phi) is 5.68. The molecule has 0 bridgehead atoms. The van der Waals surface area contributed by atoms with E-state index in [0.29, 0.717) is 5.95 Å². The molecule has 3 aromatic rings. The second-order valence-corrected chi connectivity index (χ2v) is 8.15. The summed E-state index contributed by atoms with van der Waals surface area (Å²) in [5.41, 5.74) is 5.27. The average Bonchev–Trinajstić information content (AvgIpc) is 2.71. The van der Waals surface area contributed by atoms with Crippen LogP contribution in [-0.4, -0.2) is 22.2 Å². The molecule has 1 saturated heterocycles. The van der Waals surface area contributed by atoms with Crippen molar-refractivity contribution in [1.82, 2.24) is 20.6 Å². The van der Waals surface area contributed by atoms with Crippen molar-refractivity contribution >= 4 is 22.8 Å². The summed E-state index contributed by atoms with van der Waals surface area (Å²) >= 11 is 0. The van der Waals surface area contributed by atoms with Crippen LogP contribution in [0.2, 0.25) is 0 Å². The number of carbonyl (C=O) groups excluding carboxylic acids is 1. The Balaban J connectivity index is 1.62. The Hall–Kier alpha value is -2.99. The third-order valence-corrected chi connectivity index (χ3v) is 5.73. The minimum atomic E-state index is -0.446. The van der Waals surface area contributed by atoms with Crippen LogP contribution in [-0.2, 0) is 4.79 Å². The number of nitrogens with zero attached hydrogens (tertiary/aromatic N) is 2. The van der Waals surface area contributed by atoms with Crippen molar-refractivity contribution in [2.24, 2.45) is 5.92 Å². The van der Waals surface area contributed by atoms with E-state index in [4.69, 9.17) is 4.98 Å².